The minimum atomic E-state index is -3.47. The van der Waals surface area contributed by atoms with Gasteiger partial charge in [0.05, 0.1) is 11.4 Å². The zero-order valence-electron chi connectivity index (χ0n) is 17.4. The number of sulfonamides is 1. The van der Waals surface area contributed by atoms with Crippen molar-refractivity contribution >= 4 is 10.0 Å². The molecule has 3 aromatic rings. The summed E-state index contributed by atoms with van der Waals surface area (Å²) in [5.74, 6) is 1.05. The van der Waals surface area contributed by atoms with Gasteiger partial charge in [0.2, 0.25) is 21.8 Å². The molecule has 0 spiro atoms. The molecule has 0 unspecified atom stereocenters. The van der Waals surface area contributed by atoms with Gasteiger partial charge in [0.1, 0.15) is 0 Å². The number of nitrogens with zero attached hydrogens (tertiary/aromatic N) is 4. The van der Waals surface area contributed by atoms with Crippen LogP contribution in [0.15, 0.2) is 57.8 Å². The van der Waals surface area contributed by atoms with Crippen molar-refractivity contribution in [2.75, 3.05) is 26.2 Å². The lowest BCUT2D eigenvalue weighted by atomic mass is 9.92. The molecule has 5 rings (SSSR count). The maximum Gasteiger partial charge on any atom is 0.247 e. The third kappa shape index (κ3) is 4.28. The summed E-state index contributed by atoms with van der Waals surface area (Å²) in [6.45, 7) is 2.70. The quantitative estimate of drug-likeness (QED) is 0.609. The Kier molecular flexibility index (Phi) is 5.60. The van der Waals surface area contributed by atoms with Crippen molar-refractivity contribution < 1.29 is 12.8 Å². The Bertz CT molecular complexity index is 1150. The highest BCUT2D eigenvalue weighted by Gasteiger charge is 2.29. The fourth-order valence-corrected chi connectivity index (χ4v) is 5.83. The molecule has 0 amide bonds. The third-order valence-electron chi connectivity index (χ3n) is 6.14. The molecular formula is C23H26N4O3S. The molecular weight excluding hydrogens is 412 g/mol. The molecule has 2 aromatic carbocycles. The highest BCUT2D eigenvalue weighted by Crippen LogP contribution is 2.26. The third-order valence-corrected chi connectivity index (χ3v) is 8.03. The molecule has 162 valence electrons. The lowest BCUT2D eigenvalue weighted by Gasteiger charge is -2.33. The van der Waals surface area contributed by atoms with E-state index < -0.39 is 10.0 Å². The van der Waals surface area contributed by atoms with E-state index in [4.69, 9.17) is 4.42 Å². The molecule has 2 aliphatic rings. The van der Waals surface area contributed by atoms with Crippen LogP contribution in [-0.4, -0.2) is 54.0 Å². The Morgan fingerprint density at radius 3 is 2.39 bits per heavy atom. The molecule has 0 atom stereocenters. The zero-order valence-corrected chi connectivity index (χ0v) is 18.2. The van der Waals surface area contributed by atoms with E-state index in [-0.39, 0.29) is 0 Å². The lowest BCUT2D eigenvalue weighted by Crippen LogP contribution is -2.48. The van der Waals surface area contributed by atoms with Crippen molar-refractivity contribution in [1.29, 1.82) is 0 Å². The number of benzene rings is 2. The maximum absolute atomic E-state index is 13.2. The van der Waals surface area contributed by atoms with Gasteiger partial charge in [-0.3, -0.25) is 4.90 Å². The fourth-order valence-electron chi connectivity index (χ4n) is 4.35. The van der Waals surface area contributed by atoms with Gasteiger partial charge >= 0.3 is 0 Å². The van der Waals surface area contributed by atoms with Crippen LogP contribution >= 0.6 is 0 Å². The second kappa shape index (κ2) is 8.53. The number of fused-ring (bicyclic) bond motifs is 1. The van der Waals surface area contributed by atoms with E-state index in [1.54, 1.807) is 10.4 Å². The van der Waals surface area contributed by atoms with Gasteiger partial charge in [-0.1, -0.05) is 24.3 Å². The van der Waals surface area contributed by atoms with Crippen molar-refractivity contribution in [2.45, 2.75) is 37.1 Å². The standard InChI is InChI=1S/C23H26N4O3S/c28-31(29,21-11-10-18-6-4-5-9-20(18)16-21)27-14-12-26(13-15-27)17-22-24-25-23(30-22)19-7-2-1-3-8-19/h1-3,7-8,10-11,16H,4-6,9,12-15,17H2. The molecule has 1 aliphatic heterocycles. The summed E-state index contributed by atoms with van der Waals surface area (Å²) in [6.07, 6.45) is 4.35. The molecule has 31 heavy (non-hydrogen) atoms. The first kappa shape index (κ1) is 20.4. The van der Waals surface area contributed by atoms with Crippen LogP contribution in [0.1, 0.15) is 29.9 Å². The van der Waals surface area contributed by atoms with Gasteiger partial charge in [-0.05, 0) is 61.1 Å². The summed E-state index contributed by atoms with van der Waals surface area (Å²) in [6, 6.07) is 15.3. The average molecular weight is 439 g/mol. The predicted octanol–water partition coefficient (Wildman–Crippen LogP) is 3.12. The smallest absolute Gasteiger partial charge is 0.247 e. The van der Waals surface area contributed by atoms with Crippen LogP contribution in [0, 0.1) is 0 Å². The molecule has 8 heteroatoms. The van der Waals surface area contributed by atoms with E-state index in [1.165, 1.54) is 17.5 Å². The van der Waals surface area contributed by atoms with Crippen LogP contribution < -0.4 is 0 Å². The monoisotopic (exact) mass is 438 g/mol. The van der Waals surface area contributed by atoms with Gasteiger partial charge in [0.15, 0.2) is 0 Å². The molecule has 2 heterocycles. The molecule has 0 saturated carbocycles. The van der Waals surface area contributed by atoms with Crippen molar-refractivity contribution in [3.05, 3.63) is 65.5 Å². The Labute approximate surface area is 182 Å². The topological polar surface area (TPSA) is 79.5 Å². The van der Waals surface area contributed by atoms with Gasteiger partial charge < -0.3 is 4.42 Å². The van der Waals surface area contributed by atoms with Crippen LogP contribution in [0.25, 0.3) is 11.5 Å². The second-order valence-electron chi connectivity index (χ2n) is 8.18. The normalized spacial score (nSPS) is 18.1. The van der Waals surface area contributed by atoms with Crippen LogP contribution in [-0.2, 0) is 29.4 Å². The number of hydrogen-bond acceptors (Lipinski definition) is 6. The van der Waals surface area contributed by atoms with E-state index in [0.717, 1.165) is 24.8 Å². The van der Waals surface area contributed by atoms with E-state index >= 15 is 0 Å². The van der Waals surface area contributed by atoms with Gasteiger partial charge in [0, 0.05) is 31.7 Å². The van der Waals surface area contributed by atoms with Crippen LogP contribution in [0.4, 0.5) is 0 Å². The Balaban J connectivity index is 1.22. The first-order valence-electron chi connectivity index (χ1n) is 10.8. The summed E-state index contributed by atoms with van der Waals surface area (Å²) >= 11 is 0. The van der Waals surface area contributed by atoms with Gasteiger partial charge in [0.25, 0.3) is 0 Å². The number of rotatable bonds is 5. The second-order valence-corrected chi connectivity index (χ2v) is 10.1. The van der Waals surface area contributed by atoms with Gasteiger partial charge in [-0.15, -0.1) is 10.2 Å². The van der Waals surface area contributed by atoms with E-state index in [2.05, 4.69) is 15.1 Å². The molecule has 1 saturated heterocycles. The SMILES string of the molecule is O=S(=O)(c1ccc2c(c1)CCCC2)N1CCN(Cc2nnc(-c3ccccc3)o2)CC1. The van der Waals surface area contributed by atoms with Crippen LogP contribution in [0.2, 0.25) is 0 Å². The van der Waals surface area contributed by atoms with Crippen LogP contribution in [0.3, 0.4) is 0 Å². The first-order chi connectivity index (χ1) is 15.1. The lowest BCUT2D eigenvalue weighted by molar-refractivity contribution is 0.168. The Morgan fingerprint density at radius 2 is 1.61 bits per heavy atom. The van der Waals surface area contributed by atoms with Crippen LogP contribution in [0.5, 0.6) is 0 Å². The zero-order chi connectivity index (χ0) is 21.3. The number of aryl methyl sites for hydroxylation is 2. The van der Waals surface area contributed by atoms with Crippen molar-refractivity contribution in [1.82, 2.24) is 19.4 Å². The molecule has 0 N–H and O–H groups in total. The predicted molar refractivity (Wildman–Crippen MR) is 117 cm³/mol. The molecule has 1 fully saturated rings. The van der Waals surface area contributed by atoms with Crippen molar-refractivity contribution in [2.24, 2.45) is 0 Å². The molecule has 0 radical (unpaired) electrons. The first-order valence-corrected chi connectivity index (χ1v) is 12.3. The minimum absolute atomic E-state index is 0.422. The average Bonchev–Trinajstić information content (AvgIpc) is 3.28. The summed E-state index contributed by atoms with van der Waals surface area (Å²) in [4.78, 5) is 2.58. The fraction of sp³-hybridized carbons (Fsp3) is 0.391. The highest BCUT2D eigenvalue weighted by molar-refractivity contribution is 7.89. The molecule has 0 bridgehead atoms. The van der Waals surface area contributed by atoms with E-state index in [9.17, 15) is 8.42 Å². The number of aromatic nitrogens is 2. The summed E-state index contributed by atoms with van der Waals surface area (Å²) in [5.41, 5.74) is 3.38. The highest BCUT2D eigenvalue weighted by atomic mass is 32.2. The summed E-state index contributed by atoms with van der Waals surface area (Å²) < 4.78 is 33.7. The summed E-state index contributed by atoms with van der Waals surface area (Å²) in [7, 11) is -3.47. The van der Waals surface area contributed by atoms with Crippen molar-refractivity contribution in [3.63, 3.8) is 0 Å². The van der Waals surface area contributed by atoms with E-state index in [1.807, 2.05) is 42.5 Å². The Hall–Kier alpha value is -2.55. The number of hydrogen-bond donors (Lipinski definition) is 0. The molecule has 1 aromatic heterocycles. The van der Waals surface area contributed by atoms with Gasteiger partial charge in [-0.25, -0.2) is 8.42 Å². The Morgan fingerprint density at radius 1 is 0.871 bits per heavy atom. The van der Waals surface area contributed by atoms with E-state index in [0.29, 0.717) is 49.4 Å². The maximum atomic E-state index is 13.2. The largest absolute Gasteiger partial charge is 0.419 e. The van der Waals surface area contributed by atoms with Crippen molar-refractivity contribution in [3.8, 4) is 11.5 Å². The minimum Gasteiger partial charge on any atom is -0.419 e. The summed E-state index contributed by atoms with van der Waals surface area (Å²) in [5, 5.41) is 8.28. The number of piperazine rings is 1. The van der Waals surface area contributed by atoms with Gasteiger partial charge in [-0.2, -0.15) is 4.31 Å². The molecule has 1 aliphatic carbocycles. The molecule has 7 nitrogen and oxygen atoms in total.